The van der Waals surface area contributed by atoms with E-state index in [9.17, 15) is 8.78 Å². The number of furan rings is 1. The van der Waals surface area contributed by atoms with Gasteiger partial charge in [0.25, 0.3) is 0 Å². The highest BCUT2D eigenvalue weighted by atomic mass is 19.1. The fraction of sp³-hybridized carbons (Fsp3) is 0.259. The molecule has 0 unspecified atom stereocenters. The van der Waals surface area contributed by atoms with E-state index in [1.807, 2.05) is 26.1 Å². The van der Waals surface area contributed by atoms with Crippen molar-refractivity contribution in [2.75, 3.05) is 0 Å². The van der Waals surface area contributed by atoms with E-state index in [0.717, 1.165) is 28.3 Å². The summed E-state index contributed by atoms with van der Waals surface area (Å²) in [5.41, 5.74) is 4.77. The highest BCUT2D eigenvalue weighted by Gasteiger charge is 2.26. The van der Waals surface area contributed by atoms with Crippen LogP contribution in [-0.4, -0.2) is 4.98 Å². The van der Waals surface area contributed by atoms with Gasteiger partial charge in [-0.15, -0.1) is 0 Å². The summed E-state index contributed by atoms with van der Waals surface area (Å²) < 4.78 is 36.4. The Kier molecular flexibility index (Phi) is 4.29. The summed E-state index contributed by atoms with van der Waals surface area (Å²) in [7, 11) is 2.00. The molecule has 5 heteroatoms. The van der Waals surface area contributed by atoms with Crippen LogP contribution < -0.4 is 4.57 Å². The highest BCUT2D eigenvalue weighted by molar-refractivity contribution is 6.11. The van der Waals surface area contributed by atoms with Gasteiger partial charge in [-0.1, -0.05) is 37.1 Å². The molecule has 1 aliphatic rings. The molecule has 0 atom stereocenters. The van der Waals surface area contributed by atoms with Crippen molar-refractivity contribution in [3.8, 4) is 11.3 Å². The van der Waals surface area contributed by atoms with Crippen LogP contribution in [0.25, 0.3) is 44.1 Å². The van der Waals surface area contributed by atoms with E-state index in [-0.39, 0.29) is 11.1 Å². The van der Waals surface area contributed by atoms with Gasteiger partial charge in [-0.3, -0.25) is 0 Å². The molecular weight excluding hydrogens is 406 g/mol. The van der Waals surface area contributed by atoms with Crippen molar-refractivity contribution in [1.29, 1.82) is 0 Å². The van der Waals surface area contributed by atoms with Crippen molar-refractivity contribution in [3.63, 3.8) is 0 Å². The first-order chi connectivity index (χ1) is 15.5. The second-order valence-corrected chi connectivity index (χ2v) is 8.95. The maximum absolute atomic E-state index is 14.6. The lowest BCUT2D eigenvalue weighted by atomic mass is 9.92. The van der Waals surface area contributed by atoms with E-state index >= 15 is 0 Å². The van der Waals surface area contributed by atoms with Crippen LogP contribution in [0.4, 0.5) is 8.78 Å². The third kappa shape index (κ3) is 2.84. The molecule has 0 amide bonds. The van der Waals surface area contributed by atoms with Crippen LogP contribution in [0.15, 0.2) is 53.1 Å². The topological polar surface area (TPSA) is 29.9 Å². The van der Waals surface area contributed by atoms with E-state index in [0.29, 0.717) is 16.9 Å². The van der Waals surface area contributed by atoms with Crippen LogP contribution in [0.5, 0.6) is 0 Å². The lowest BCUT2D eigenvalue weighted by Gasteiger charge is -2.12. The Bertz CT molecular complexity index is 1530. The van der Waals surface area contributed by atoms with Gasteiger partial charge in [0.05, 0.1) is 16.3 Å². The van der Waals surface area contributed by atoms with Crippen LogP contribution >= 0.6 is 0 Å². The molecule has 6 rings (SSSR count). The predicted molar refractivity (Wildman–Crippen MR) is 121 cm³/mol. The summed E-state index contributed by atoms with van der Waals surface area (Å²) in [4.78, 5) is 3.80. The molecule has 0 bridgehead atoms. The van der Waals surface area contributed by atoms with Gasteiger partial charge >= 0.3 is 0 Å². The molecule has 3 nitrogen and oxygen atoms in total. The predicted octanol–water partition coefficient (Wildman–Crippen LogP) is 6.87. The Morgan fingerprint density at radius 1 is 1.00 bits per heavy atom. The Labute approximate surface area is 184 Å². The first kappa shape index (κ1) is 19.4. The Morgan fingerprint density at radius 3 is 2.59 bits per heavy atom. The molecular formula is C27H23F2N2O+. The molecule has 2 aromatic carbocycles. The average Bonchev–Trinajstić information content (AvgIpc) is 3.42. The second-order valence-electron chi connectivity index (χ2n) is 8.95. The lowest BCUT2D eigenvalue weighted by molar-refractivity contribution is -0.659. The van der Waals surface area contributed by atoms with Gasteiger partial charge < -0.3 is 4.42 Å². The van der Waals surface area contributed by atoms with Gasteiger partial charge in [0.1, 0.15) is 12.9 Å². The first-order valence-electron chi connectivity index (χ1n) is 11.1. The van der Waals surface area contributed by atoms with Crippen LogP contribution in [0, 0.1) is 18.7 Å². The van der Waals surface area contributed by atoms with E-state index in [1.165, 1.54) is 36.6 Å². The molecule has 0 radical (unpaired) electrons. The number of hydrogen-bond donors (Lipinski definition) is 0. The first-order valence-corrected chi connectivity index (χ1v) is 11.1. The molecule has 3 heterocycles. The molecule has 0 aliphatic heterocycles. The molecule has 0 saturated heterocycles. The van der Waals surface area contributed by atoms with E-state index in [1.54, 1.807) is 0 Å². The van der Waals surface area contributed by atoms with Crippen LogP contribution in [0.1, 0.15) is 42.7 Å². The molecule has 1 fully saturated rings. The third-order valence-corrected chi connectivity index (χ3v) is 6.97. The summed E-state index contributed by atoms with van der Waals surface area (Å²) in [5.74, 6) is -0.909. The number of hydrogen-bond acceptors (Lipinski definition) is 2. The normalized spacial score (nSPS) is 14.9. The van der Waals surface area contributed by atoms with Gasteiger partial charge in [0.2, 0.25) is 17.4 Å². The Balaban J connectivity index is 1.66. The van der Waals surface area contributed by atoms with Crippen molar-refractivity contribution in [3.05, 3.63) is 71.6 Å². The number of nitrogens with zero attached hydrogens (tertiary/aromatic N) is 2. The van der Waals surface area contributed by atoms with E-state index in [2.05, 4.69) is 40.0 Å². The molecule has 1 aliphatic carbocycles. The van der Waals surface area contributed by atoms with Crippen molar-refractivity contribution in [1.82, 2.24) is 4.98 Å². The summed E-state index contributed by atoms with van der Waals surface area (Å²) in [6.07, 6.45) is 7.17. The van der Waals surface area contributed by atoms with Crippen molar-refractivity contribution < 1.29 is 17.8 Å². The zero-order valence-corrected chi connectivity index (χ0v) is 18.1. The van der Waals surface area contributed by atoms with Crippen LogP contribution in [0.2, 0.25) is 0 Å². The number of fused-ring (bicyclic) bond motifs is 4. The summed E-state index contributed by atoms with van der Waals surface area (Å²) in [5, 5.41) is 3.09. The standard InChI is InChI=1S/C27H23F2N2O/c1-15-7-9-20-24-21(28)14-22(29)30-27(24)32-26(20)23(15)25-19-10-8-17(16-5-3-4-6-16)13-18(19)11-12-31(25)2/h7-14,16H,3-6H2,1-2H3/q+1. The summed E-state index contributed by atoms with van der Waals surface area (Å²) >= 11 is 0. The SMILES string of the molecule is Cc1ccc2c(oc3nc(F)cc(F)c32)c1-c1c2ccc(C3CCCC3)cc2cc[n+]1C. The summed E-state index contributed by atoms with van der Waals surface area (Å²) in [6.45, 7) is 2.01. The van der Waals surface area contributed by atoms with E-state index < -0.39 is 11.8 Å². The molecule has 5 aromatic rings. The number of benzene rings is 2. The van der Waals surface area contributed by atoms with Crippen LogP contribution in [0.3, 0.4) is 0 Å². The minimum atomic E-state index is -0.887. The Hall–Kier alpha value is -3.34. The summed E-state index contributed by atoms with van der Waals surface area (Å²) in [6, 6.07) is 13.5. The Morgan fingerprint density at radius 2 is 1.78 bits per heavy atom. The molecule has 160 valence electrons. The fourth-order valence-electron chi connectivity index (χ4n) is 5.37. The van der Waals surface area contributed by atoms with Gasteiger partial charge in [-0.25, -0.2) is 8.96 Å². The van der Waals surface area contributed by atoms with Crippen molar-refractivity contribution >= 4 is 32.8 Å². The smallest absolute Gasteiger partial charge is 0.232 e. The number of pyridine rings is 2. The highest BCUT2D eigenvalue weighted by Crippen LogP contribution is 2.40. The van der Waals surface area contributed by atoms with Gasteiger partial charge in [0.15, 0.2) is 11.8 Å². The van der Waals surface area contributed by atoms with Gasteiger partial charge in [-0.05, 0) is 48.3 Å². The maximum Gasteiger partial charge on any atom is 0.232 e. The largest absolute Gasteiger partial charge is 0.437 e. The zero-order valence-electron chi connectivity index (χ0n) is 18.1. The molecule has 32 heavy (non-hydrogen) atoms. The minimum absolute atomic E-state index is 0.0178. The zero-order chi connectivity index (χ0) is 22.0. The van der Waals surface area contributed by atoms with Crippen LogP contribution in [-0.2, 0) is 7.05 Å². The second kappa shape index (κ2) is 7.09. The average molecular weight is 429 g/mol. The lowest BCUT2D eigenvalue weighted by Crippen LogP contribution is -2.30. The molecule has 1 saturated carbocycles. The minimum Gasteiger partial charge on any atom is -0.437 e. The third-order valence-electron chi connectivity index (χ3n) is 6.97. The molecule has 3 aromatic heterocycles. The van der Waals surface area contributed by atoms with Gasteiger partial charge in [0, 0.05) is 17.5 Å². The molecule has 0 N–H and O–H groups in total. The van der Waals surface area contributed by atoms with E-state index in [4.69, 9.17) is 4.42 Å². The van der Waals surface area contributed by atoms with Crippen molar-refractivity contribution in [2.45, 2.75) is 38.5 Å². The maximum atomic E-state index is 14.6. The number of aromatic nitrogens is 2. The quantitative estimate of drug-likeness (QED) is 0.226. The van der Waals surface area contributed by atoms with Crippen molar-refractivity contribution in [2.24, 2.45) is 7.05 Å². The number of halogens is 2. The van der Waals surface area contributed by atoms with Gasteiger partial charge in [-0.2, -0.15) is 9.37 Å². The fourth-order valence-corrected chi connectivity index (χ4v) is 5.37. The number of aryl methyl sites for hydroxylation is 2. The number of rotatable bonds is 2. The molecule has 0 spiro atoms. The monoisotopic (exact) mass is 429 g/mol.